The van der Waals surface area contributed by atoms with Gasteiger partial charge in [0.1, 0.15) is 0 Å². The van der Waals surface area contributed by atoms with Crippen LogP contribution in [-0.2, 0) is 4.74 Å². The molecule has 0 aromatic heterocycles. The maximum absolute atomic E-state index is 5.99. The standard InChI is InChI=1S/C16H33NO/c1-5-12-17-15(13-14(6-2)7-3)16(18-4)10-8-9-11-16/h14-15,17H,5-13H2,1-4H3. The number of nitrogens with one attached hydrogen (secondary N) is 1. The van der Waals surface area contributed by atoms with Crippen molar-refractivity contribution in [1.82, 2.24) is 5.32 Å². The van der Waals surface area contributed by atoms with Crippen molar-refractivity contribution < 1.29 is 4.74 Å². The molecule has 0 heterocycles. The van der Waals surface area contributed by atoms with Crippen molar-refractivity contribution in [2.75, 3.05) is 13.7 Å². The lowest BCUT2D eigenvalue weighted by Gasteiger charge is -2.39. The summed E-state index contributed by atoms with van der Waals surface area (Å²) in [7, 11) is 1.92. The van der Waals surface area contributed by atoms with E-state index in [4.69, 9.17) is 4.74 Å². The Kier molecular flexibility index (Phi) is 7.25. The molecule has 2 nitrogen and oxygen atoms in total. The minimum Gasteiger partial charge on any atom is -0.377 e. The molecule has 0 saturated heterocycles. The lowest BCUT2D eigenvalue weighted by atomic mass is 9.83. The van der Waals surface area contributed by atoms with Gasteiger partial charge in [-0.25, -0.2) is 0 Å². The minimum absolute atomic E-state index is 0.123. The van der Waals surface area contributed by atoms with Crippen LogP contribution in [0, 0.1) is 5.92 Å². The second kappa shape index (κ2) is 8.16. The molecule has 0 bridgehead atoms. The predicted molar refractivity (Wildman–Crippen MR) is 79.0 cm³/mol. The van der Waals surface area contributed by atoms with Gasteiger partial charge in [-0.2, -0.15) is 0 Å². The van der Waals surface area contributed by atoms with Crippen LogP contribution in [-0.4, -0.2) is 25.3 Å². The fourth-order valence-electron chi connectivity index (χ4n) is 3.43. The molecule has 0 amide bonds. The zero-order chi connectivity index (χ0) is 13.4. The zero-order valence-corrected chi connectivity index (χ0v) is 12.9. The summed E-state index contributed by atoms with van der Waals surface area (Å²) in [5, 5.41) is 3.78. The summed E-state index contributed by atoms with van der Waals surface area (Å²) in [5.74, 6) is 0.840. The SMILES string of the molecule is CCCNC(CC(CC)CC)C1(OC)CCCC1. The Hall–Kier alpha value is -0.0800. The van der Waals surface area contributed by atoms with E-state index >= 15 is 0 Å². The van der Waals surface area contributed by atoms with Gasteiger partial charge in [-0.15, -0.1) is 0 Å². The van der Waals surface area contributed by atoms with Gasteiger partial charge in [0, 0.05) is 13.2 Å². The van der Waals surface area contributed by atoms with Crippen LogP contribution >= 0.6 is 0 Å². The van der Waals surface area contributed by atoms with E-state index in [0.717, 1.165) is 12.5 Å². The number of methoxy groups -OCH3 is 1. The van der Waals surface area contributed by atoms with Gasteiger partial charge in [-0.3, -0.25) is 0 Å². The Morgan fingerprint density at radius 2 is 1.72 bits per heavy atom. The van der Waals surface area contributed by atoms with E-state index in [0.29, 0.717) is 6.04 Å². The van der Waals surface area contributed by atoms with E-state index < -0.39 is 0 Å². The first-order valence-corrected chi connectivity index (χ1v) is 8.00. The molecular formula is C16H33NO. The highest BCUT2D eigenvalue weighted by molar-refractivity contribution is 4.97. The van der Waals surface area contributed by atoms with Crippen LogP contribution in [0.1, 0.15) is 72.1 Å². The first kappa shape index (κ1) is 16.0. The van der Waals surface area contributed by atoms with Gasteiger partial charge >= 0.3 is 0 Å². The minimum atomic E-state index is 0.123. The van der Waals surface area contributed by atoms with E-state index in [-0.39, 0.29) is 5.60 Å². The molecular weight excluding hydrogens is 222 g/mol. The molecule has 1 unspecified atom stereocenters. The maximum Gasteiger partial charge on any atom is 0.0831 e. The molecule has 2 heteroatoms. The van der Waals surface area contributed by atoms with Crippen molar-refractivity contribution in [1.29, 1.82) is 0 Å². The molecule has 1 N–H and O–H groups in total. The quantitative estimate of drug-likeness (QED) is 0.668. The van der Waals surface area contributed by atoms with E-state index in [9.17, 15) is 0 Å². The highest BCUT2D eigenvalue weighted by atomic mass is 16.5. The molecule has 1 aliphatic carbocycles. The number of hydrogen-bond donors (Lipinski definition) is 1. The molecule has 1 atom stereocenters. The van der Waals surface area contributed by atoms with Crippen LogP contribution in [0.2, 0.25) is 0 Å². The molecule has 0 aromatic rings. The van der Waals surface area contributed by atoms with Gasteiger partial charge in [-0.1, -0.05) is 46.5 Å². The molecule has 1 aliphatic rings. The Morgan fingerprint density at radius 3 is 2.17 bits per heavy atom. The molecule has 0 aliphatic heterocycles. The maximum atomic E-state index is 5.99. The van der Waals surface area contributed by atoms with Crippen LogP contribution in [0.5, 0.6) is 0 Å². The lowest BCUT2D eigenvalue weighted by Crippen LogP contribution is -2.51. The van der Waals surface area contributed by atoms with Crippen molar-refractivity contribution in [2.45, 2.75) is 83.8 Å². The van der Waals surface area contributed by atoms with Gasteiger partial charge < -0.3 is 10.1 Å². The predicted octanol–water partition coefficient (Wildman–Crippen LogP) is 4.14. The summed E-state index contributed by atoms with van der Waals surface area (Å²) in [4.78, 5) is 0. The summed E-state index contributed by atoms with van der Waals surface area (Å²) >= 11 is 0. The van der Waals surface area contributed by atoms with Crippen molar-refractivity contribution >= 4 is 0 Å². The molecule has 18 heavy (non-hydrogen) atoms. The second-order valence-corrected chi connectivity index (χ2v) is 5.90. The van der Waals surface area contributed by atoms with Crippen LogP contribution in [0.4, 0.5) is 0 Å². The monoisotopic (exact) mass is 255 g/mol. The summed E-state index contributed by atoms with van der Waals surface area (Å²) in [5.41, 5.74) is 0.123. The molecule has 108 valence electrons. The van der Waals surface area contributed by atoms with Crippen molar-refractivity contribution in [2.24, 2.45) is 5.92 Å². The molecule has 1 fully saturated rings. The Bertz CT molecular complexity index is 207. The normalized spacial score (nSPS) is 20.5. The molecule has 0 aromatic carbocycles. The van der Waals surface area contributed by atoms with E-state index in [2.05, 4.69) is 26.1 Å². The van der Waals surface area contributed by atoms with Crippen LogP contribution in [0.3, 0.4) is 0 Å². The smallest absolute Gasteiger partial charge is 0.0831 e. The van der Waals surface area contributed by atoms with E-state index in [1.807, 2.05) is 7.11 Å². The highest BCUT2D eigenvalue weighted by Gasteiger charge is 2.41. The summed E-state index contributed by atoms with van der Waals surface area (Å²) in [6.45, 7) is 8.00. The molecule has 0 radical (unpaired) electrons. The Morgan fingerprint density at radius 1 is 1.11 bits per heavy atom. The first-order chi connectivity index (χ1) is 8.72. The third-order valence-corrected chi connectivity index (χ3v) is 4.86. The van der Waals surface area contributed by atoms with Crippen LogP contribution < -0.4 is 5.32 Å². The fourth-order valence-corrected chi connectivity index (χ4v) is 3.43. The summed E-state index contributed by atoms with van der Waals surface area (Å²) in [6.07, 6.45) is 10.2. The van der Waals surface area contributed by atoms with Crippen molar-refractivity contribution in [3.05, 3.63) is 0 Å². The van der Waals surface area contributed by atoms with Crippen molar-refractivity contribution in [3.8, 4) is 0 Å². The fraction of sp³-hybridized carbons (Fsp3) is 1.00. The van der Waals surface area contributed by atoms with Gasteiger partial charge in [-0.05, 0) is 38.1 Å². The summed E-state index contributed by atoms with van der Waals surface area (Å²) in [6, 6.07) is 0.551. The summed E-state index contributed by atoms with van der Waals surface area (Å²) < 4.78 is 5.99. The zero-order valence-electron chi connectivity index (χ0n) is 12.9. The third-order valence-electron chi connectivity index (χ3n) is 4.86. The van der Waals surface area contributed by atoms with Crippen molar-refractivity contribution in [3.63, 3.8) is 0 Å². The van der Waals surface area contributed by atoms with Crippen LogP contribution in [0.25, 0.3) is 0 Å². The average molecular weight is 255 g/mol. The second-order valence-electron chi connectivity index (χ2n) is 5.90. The van der Waals surface area contributed by atoms with Gasteiger partial charge in [0.15, 0.2) is 0 Å². The lowest BCUT2D eigenvalue weighted by molar-refractivity contribution is -0.0419. The molecule has 1 saturated carbocycles. The Labute approximate surface area is 114 Å². The van der Waals surface area contributed by atoms with Gasteiger partial charge in [0.05, 0.1) is 5.60 Å². The van der Waals surface area contributed by atoms with Gasteiger partial charge in [0.25, 0.3) is 0 Å². The van der Waals surface area contributed by atoms with E-state index in [1.165, 1.54) is 51.4 Å². The average Bonchev–Trinajstić information content (AvgIpc) is 2.89. The number of rotatable bonds is 9. The third kappa shape index (κ3) is 3.96. The van der Waals surface area contributed by atoms with Gasteiger partial charge in [0.2, 0.25) is 0 Å². The van der Waals surface area contributed by atoms with Crippen LogP contribution in [0.15, 0.2) is 0 Å². The number of hydrogen-bond acceptors (Lipinski definition) is 2. The first-order valence-electron chi connectivity index (χ1n) is 8.00. The molecule has 0 spiro atoms. The largest absolute Gasteiger partial charge is 0.377 e. The Balaban J connectivity index is 2.68. The highest BCUT2D eigenvalue weighted by Crippen LogP contribution is 2.38. The number of ether oxygens (including phenoxy) is 1. The molecule has 1 rings (SSSR count). The van der Waals surface area contributed by atoms with E-state index in [1.54, 1.807) is 0 Å². The topological polar surface area (TPSA) is 21.3 Å².